The summed E-state index contributed by atoms with van der Waals surface area (Å²) in [5.41, 5.74) is 6.57. The van der Waals surface area contributed by atoms with Crippen molar-refractivity contribution in [3.8, 4) is 0 Å². The summed E-state index contributed by atoms with van der Waals surface area (Å²) in [5, 5.41) is 38.3. The first-order valence-electron chi connectivity index (χ1n) is 6.29. The molecule has 1 aliphatic rings. The van der Waals surface area contributed by atoms with Crippen molar-refractivity contribution in [1.82, 2.24) is 0 Å². The Bertz CT molecular complexity index is 427. The van der Waals surface area contributed by atoms with E-state index in [0.29, 0.717) is 11.4 Å². The lowest BCUT2D eigenvalue weighted by atomic mass is 10.0. The zero-order valence-electron chi connectivity index (χ0n) is 10.8. The summed E-state index contributed by atoms with van der Waals surface area (Å²) in [6.45, 7) is -0.413. The zero-order valence-corrected chi connectivity index (χ0v) is 11.6. The number of anilines is 1. The van der Waals surface area contributed by atoms with Gasteiger partial charge in [-0.2, -0.15) is 0 Å². The van der Waals surface area contributed by atoms with Gasteiger partial charge < -0.3 is 30.9 Å². The van der Waals surface area contributed by atoms with Gasteiger partial charge in [0.1, 0.15) is 29.9 Å². The molecule has 0 aromatic heterocycles. The normalized spacial score (nSPS) is 34.1. The number of nitrogens with two attached hydrogens (primary N) is 1. The lowest BCUT2D eigenvalue weighted by Gasteiger charge is -2.39. The van der Waals surface area contributed by atoms with Crippen LogP contribution in [0.4, 0.5) is 5.69 Å². The van der Waals surface area contributed by atoms with Crippen LogP contribution in [-0.4, -0.2) is 56.9 Å². The lowest BCUT2D eigenvalue weighted by molar-refractivity contribution is -0.205. The van der Waals surface area contributed by atoms with E-state index >= 15 is 0 Å². The van der Waals surface area contributed by atoms with Crippen molar-refractivity contribution in [3.05, 3.63) is 29.8 Å². The average molecular weight is 301 g/mol. The van der Waals surface area contributed by atoms with E-state index in [4.69, 9.17) is 15.6 Å². The molecule has 7 heteroatoms. The predicted molar refractivity (Wildman–Crippen MR) is 75.9 cm³/mol. The van der Waals surface area contributed by atoms with Gasteiger partial charge in [0.15, 0.2) is 0 Å². The predicted octanol–water partition coefficient (Wildman–Crippen LogP) is -0.698. The highest BCUT2D eigenvalue weighted by molar-refractivity contribution is 7.99. The average Bonchev–Trinajstić information content (AvgIpc) is 2.46. The molecule has 0 radical (unpaired) electrons. The van der Waals surface area contributed by atoms with Crippen molar-refractivity contribution in [3.63, 3.8) is 0 Å². The molecular formula is C13H19NO5S. The number of aliphatic hydroxyl groups excluding tert-OH is 4. The third-order valence-corrected chi connectivity index (χ3v) is 4.46. The molecule has 0 unspecified atom stereocenters. The summed E-state index contributed by atoms with van der Waals surface area (Å²) in [4.78, 5) is 0. The van der Waals surface area contributed by atoms with E-state index in [2.05, 4.69) is 0 Å². The SMILES string of the molecule is Nc1ccc(CS[C@@H]2O[C@H](CO)[C@H](O)[C@@H](O)[C@@H]2O)cc1. The standard InChI is InChI=1S/C13H19NO5S/c14-8-3-1-7(2-4-8)6-20-13-12(18)11(17)10(16)9(5-15)19-13/h1-4,9-13,15-18H,5-6,14H2/t9-,10+,11-,12+,13+/m1/s1. The zero-order chi connectivity index (χ0) is 14.7. The van der Waals surface area contributed by atoms with Crippen molar-refractivity contribution < 1.29 is 25.2 Å². The fourth-order valence-corrected chi connectivity index (χ4v) is 3.13. The van der Waals surface area contributed by atoms with Crippen LogP contribution in [0, 0.1) is 0 Å². The quantitative estimate of drug-likeness (QED) is 0.467. The fourth-order valence-electron chi connectivity index (χ4n) is 2.00. The highest BCUT2D eigenvalue weighted by atomic mass is 32.2. The molecule has 1 aromatic carbocycles. The summed E-state index contributed by atoms with van der Waals surface area (Å²) in [6, 6.07) is 7.30. The van der Waals surface area contributed by atoms with Crippen LogP contribution in [0.1, 0.15) is 5.56 Å². The Balaban J connectivity index is 1.95. The number of rotatable bonds is 4. The molecule has 20 heavy (non-hydrogen) atoms. The molecule has 1 saturated heterocycles. The molecule has 0 amide bonds. The van der Waals surface area contributed by atoms with Gasteiger partial charge >= 0.3 is 0 Å². The third kappa shape index (κ3) is 3.43. The van der Waals surface area contributed by atoms with E-state index in [1.807, 2.05) is 12.1 Å². The van der Waals surface area contributed by atoms with Crippen molar-refractivity contribution in [2.75, 3.05) is 12.3 Å². The van der Waals surface area contributed by atoms with Crippen LogP contribution in [0.2, 0.25) is 0 Å². The molecule has 1 fully saturated rings. The van der Waals surface area contributed by atoms with E-state index < -0.39 is 36.5 Å². The van der Waals surface area contributed by atoms with Gasteiger partial charge in [0, 0.05) is 11.4 Å². The Morgan fingerprint density at radius 2 is 1.70 bits per heavy atom. The monoisotopic (exact) mass is 301 g/mol. The van der Waals surface area contributed by atoms with E-state index in [1.54, 1.807) is 12.1 Å². The first-order chi connectivity index (χ1) is 9.52. The number of ether oxygens (including phenoxy) is 1. The van der Waals surface area contributed by atoms with E-state index in [-0.39, 0.29) is 0 Å². The highest BCUT2D eigenvalue weighted by Crippen LogP contribution is 2.30. The van der Waals surface area contributed by atoms with Gasteiger partial charge in [-0.05, 0) is 17.7 Å². The maximum atomic E-state index is 9.89. The van der Waals surface area contributed by atoms with Gasteiger partial charge in [-0.1, -0.05) is 12.1 Å². The Hall–Kier alpha value is -0.830. The minimum absolute atomic E-state index is 0.413. The molecule has 0 spiro atoms. The largest absolute Gasteiger partial charge is 0.399 e. The molecule has 1 aromatic rings. The van der Waals surface area contributed by atoms with Gasteiger partial charge in [-0.3, -0.25) is 0 Å². The van der Waals surface area contributed by atoms with E-state index in [9.17, 15) is 15.3 Å². The van der Waals surface area contributed by atoms with E-state index in [1.165, 1.54) is 11.8 Å². The summed E-state index contributed by atoms with van der Waals surface area (Å²) in [6.07, 6.45) is -4.71. The number of nitrogen functional groups attached to an aromatic ring is 1. The smallest absolute Gasteiger partial charge is 0.132 e. The number of thioether (sulfide) groups is 1. The van der Waals surface area contributed by atoms with Crippen LogP contribution in [0.3, 0.4) is 0 Å². The maximum Gasteiger partial charge on any atom is 0.132 e. The number of aliphatic hydroxyl groups is 4. The molecule has 112 valence electrons. The van der Waals surface area contributed by atoms with Crippen LogP contribution in [-0.2, 0) is 10.5 Å². The third-order valence-electron chi connectivity index (χ3n) is 3.24. The van der Waals surface area contributed by atoms with Crippen LogP contribution in [0.15, 0.2) is 24.3 Å². The second-order valence-corrected chi connectivity index (χ2v) is 5.84. The number of hydrogen-bond acceptors (Lipinski definition) is 7. The Labute approximate surface area is 121 Å². The first-order valence-corrected chi connectivity index (χ1v) is 7.34. The summed E-state index contributed by atoms with van der Waals surface area (Å²) in [5.74, 6) is 0.559. The number of benzene rings is 1. The second-order valence-electron chi connectivity index (χ2n) is 4.75. The van der Waals surface area contributed by atoms with Crippen molar-refractivity contribution in [1.29, 1.82) is 0 Å². The van der Waals surface area contributed by atoms with Crippen LogP contribution >= 0.6 is 11.8 Å². The van der Waals surface area contributed by atoms with Crippen molar-refractivity contribution >= 4 is 17.4 Å². The van der Waals surface area contributed by atoms with Crippen molar-refractivity contribution in [2.45, 2.75) is 35.6 Å². The Morgan fingerprint density at radius 3 is 2.30 bits per heavy atom. The molecule has 0 bridgehead atoms. The minimum Gasteiger partial charge on any atom is -0.399 e. The molecule has 1 aliphatic heterocycles. The molecule has 6 nitrogen and oxygen atoms in total. The Kier molecular flexibility index (Phi) is 5.25. The second kappa shape index (κ2) is 6.75. The lowest BCUT2D eigenvalue weighted by Crippen LogP contribution is -2.57. The fraction of sp³-hybridized carbons (Fsp3) is 0.538. The Morgan fingerprint density at radius 1 is 1.05 bits per heavy atom. The summed E-state index contributed by atoms with van der Waals surface area (Å²) in [7, 11) is 0. The van der Waals surface area contributed by atoms with E-state index in [0.717, 1.165) is 5.56 Å². The molecule has 6 N–H and O–H groups in total. The van der Waals surface area contributed by atoms with Crippen LogP contribution < -0.4 is 5.73 Å². The van der Waals surface area contributed by atoms with Gasteiger partial charge in [0.05, 0.1) is 6.61 Å². The maximum absolute atomic E-state index is 9.89. The molecule has 1 heterocycles. The summed E-state index contributed by atoms with van der Waals surface area (Å²) < 4.78 is 5.40. The van der Waals surface area contributed by atoms with Gasteiger partial charge in [-0.25, -0.2) is 0 Å². The molecule has 0 saturated carbocycles. The number of hydrogen-bond donors (Lipinski definition) is 5. The topological polar surface area (TPSA) is 116 Å². The van der Waals surface area contributed by atoms with Crippen molar-refractivity contribution in [2.24, 2.45) is 0 Å². The summed E-state index contributed by atoms with van der Waals surface area (Å²) >= 11 is 1.29. The molecule has 0 aliphatic carbocycles. The molecule has 5 atom stereocenters. The van der Waals surface area contributed by atoms with Gasteiger partial charge in [0.2, 0.25) is 0 Å². The molecule has 2 rings (SSSR count). The highest BCUT2D eigenvalue weighted by Gasteiger charge is 2.43. The minimum atomic E-state index is -1.33. The van der Waals surface area contributed by atoms with Crippen LogP contribution in [0.5, 0.6) is 0 Å². The van der Waals surface area contributed by atoms with Gasteiger partial charge in [0.25, 0.3) is 0 Å². The van der Waals surface area contributed by atoms with Gasteiger partial charge in [-0.15, -0.1) is 11.8 Å². The first kappa shape index (κ1) is 15.6. The molecular weight excluding hydrogens is 282 g/mol. The van der Waals surface area contributed by atoms with Crippen LogP contribution in [0.25, 0.3) is 0 Å².